The van der Waals surface area contributed by atoms with Gasteiger partial charge in [-0.25, -0.2) is 9.97 Å². The van der Waals surface area contributed by atoms with Gasteiger partial charge < -0.3 is 35.0 Å². The fourth-order valence-electron chi connectivity index (χ4n) is 6.84. The number of nitrogens with zero attached hydrogens (tertiary/aromatic N) is 4. The number of rotatable bonds is 14. The van der Waals surface area contributed by atoms with Crippen molar-refractivity contribution < 1.29 is 29.0 Å². The normalized spacial score (nSPS) is 18.5. The number of aromatic nitrogens is 2. The molecule has 0 spiro atoms. The number of unbranched alkanes of at least 4 members (excludes halogenated alkanes) is 1. The number of aryl methyl sites for hydroxylation is 1. The zero-order chi connectivity index (χ0) is 39.1. The molecule has 0 saturated carbocycles. The second-order valence-corrected chi connectivity index (χ2v) is 17.0. The Balaban J connectivity index is 0.964. The highest BCUT2D eigenvalue weighted by Crippen LogP contribution is 2.31. The monoisotopic (exact) mass is 788 g/mol. The molecule has 55 heavy (non-hydrogen) atoms. The molecule has 0 bridgehead atoms. The predicted molar refractivity (Wildman–Crippen MR) is 216 cm³/mol. The maximum absolute atomic E-state index is 14.0. The highest BCUT2D eigenvalue weighted by Gasteiger charge is 2.44. The van der Waals surface area contributed by atoms with Gasteiger partial charge in [-0.1, -0.05) is 45.0 Å². The molecule has 14 heteroatoms. The third kappa shape index (κ3) is 10.3. The van der Waals surface area contributed by atoms with Crippen molar-refractivity contribution in [3.63, 3.8) is 0 Å². The maximum Gasteiger partial charge on any atom is 0.246 e. The van der Waals surface area contributed by atoms with E-state index < -0.39 is 23.6 Å². The third-order valence-corrected chi connectivity index (χ3v) is 11.9. The number of anilines is 1. The molecule has 0 unspecified atom stereocenters. The van der Waals surface area contributed by atoms with Crippen LogP contribution in [0.2, 0.25) is 0 Å². The number of hydrogen-bond acceptors (Lipinski definition) is 11. The Morgan fingerprint density at radius 2 is 1.71 bits per heavy atom. The smallest absolute Gasteiger partial charge is 0.246 e. The third-order valence-electron chi connectivity index (χ3n) is 10.1. The van der Waals surface area contributed by atoms with E-state index in [1.165, 1.54) is 4.90 Å². The number of likely N-dealkylation sites (tertiary alicyclic amines) is 1. The molecule has 4 atom stereocenters. The first kappa shape index (κ1) is 40.3. The summed E-state index contributed by atoms with van der Waals surface area (Å²) in [5.74, 6) is -0.217. The highest BCUT2D eigenvalue weighted by atomic mass is 32.1. The fraction of sp³-hybridized carbons (Fsp3) is 0.488. The topological polar surface area (TPSA) is 146 Å². The van der Waals surface area contributed by atoms with Crippen molar-refractivity contribution in [3.05, 3.63) is 70.7 Å². The van der Waals surface area contributed by atoms with Crippen LogP contribution in [0, 0.1) is 12.3 Å². The maximum atomic E-state index is 14.0. The van der Waals surface area contributed by atoms with Gasteiger partial charge in [0.2, 0.25) is 17.7 Å². The summed E-state index contributed by atoms with van der Waals surface area (Å²) in [6.45, 7) is 13.1. The van der Waals surface area contributed by atoms with Crippen molar-refractivity contribution in [3.8, 4) is 27.4 Å². The molecule has 2 aliphatic heterocycles. The molecule has 0 radical (unpaired) electrons. The minimum absolute atomic E-state index is 0.0220. The summed E-state index contributed by atoms with van der Waals surface area (Å²) in [6, 6.07) is 13.8. The number of aliphatic hydroxyl groups excluding tert-OH is 1. The van der Waals surface area contributed by atoms with Gasteiger partial charge in [0.15, 0.2) is 5.13 Å². The zero-order valence-electron chi connectivity index (χ0n) is 32.2. The number of thiazole rings is 2. The van der Waals surface area contributed by atoms with Crippen LogP contribution in [0.15, 0.2) is 59.4 Å². The van der Waals surface area contributed by atoms with E-state index in [0.29, 0.717) is 19.4 Å². The Hall–Kier alpha value is -4.37. The largest absolute Gasteiger partial charge is 0.494 e. The average molecular weight is 789 g/mol. The second kappa shape index (κ2) is 18.1. The predicted octanol–water partition coefficient (Wildman–Crippen LogP) is 6.00. The van der Waals surface area contributed by atoms with Crippen molar-refractivity contribution in [2.45, 2.75) is 84.5 Å². The summed E-state index contributed by atoms with van der Waals surface area (Å²) in [5.41, 5.74) is 6.11. The minimum atomic E-state index is -0.877. The standard InChI is InChI=1S/C41H52N6O6S2/c1-26(28-9-11-30(12-10-28)36-27(2)42-25-55-36)43-38(50)34-22-31(48)23-47(34)39(51)37(41(3,4)5)45-35(49)8-6-7-19-53-32-15-13-29(14-16-32)33-24-54-40(44-33)46-17-20-52-21-18-46/h9-16,24-26,31,34,37,48H,6-8,17-23H2,1-5H3,(H,43,50)(H,45,49)/t26-,31+,34-,37+/m0/s1. The SMILES string of the molecule is Cc1ncsc1-c1ccc([C@H](C)NC(=O)[C@@H]2C[C@@H](O)CN2C(=O)[C@@H](NC(=O)CCCCOc2ccc(-c3csc(N4CCOCC4)n3)cc2)C(C)(C)C)cc1. The van der Waals surface area contributed by atoms with Crippen molar-refractivity contribution in [1.82, 2.24) is 25.5 Å². The number of amides is 3. The zero-order valence-corrected chi connectivity index (χ0v) is 33.9. The molecule has 294 valence electrons. The Bertz CT molecular complexity index is 1900. The Kier molecular flexibility index (Phi) is 13.2. The molecule has 2 aromatic carbocycles. The molecular formula is C41H52N6O6S2. The van der Waals surface area contributed by atoms with Crippen molar-refractivity contribution in [1.29, 1.82) is 0 Å². The van der Waals surface area contributed by atoms with Crippen LogP contribution < -0.4 is 20.3 Å². The van der Waals surface area contributed by atoms with Crippen LogP contribution in [0.1, 0.15) is 70.7 Å². The van der Waals surface area contributed by atoms with Crippen LogP contribution in [0.3, 0.4) is 0 Å². The first-order chi connectivity index (χ1) is 26.4. The number of β-amino-alcohol motifs (C(OH)–C–C–N with tert-alkyl or cyclic N) is 1. The van der Waals surface area contributed by atoms with E-state index in [0.717, 1.165) is 70.1 Å². The highest BCUT2D eigenvalue weighted by molar-refractivity contribution is 7.14. The lowest BCUT2D eigenvalue weighted by Crippen LogP contribution is -2.57. The van der Waals surface area contributed by atoms with E-state index in [-0.39, 0.29) is 43.1 Å². The fourth-order valence-corrected chi connectivity index (χ4v) is 8.55. The Morgan fingerprint density at radius 3 is 2.38 bits per heavy atom. The molecule has 2 aromatic heterocycles. The average Bonchev–Trinajstić information content (AvgIpc) is 3.94. The summed E-state index contributed by atoms with van der Waals surface area (Å²) in [6.07, 6.45) is 0.745. The molecule has 4 aromatic rings. The van der Waals surface area contributed by atoms with E-state index >= 15 is 0 Å². The van der Waals surface area contributed by atoms with E-state index in [1.54, 1.807) is 22.7 Å². The number of hydrogen-bond donors (Lipinski definition) is 3. The first-order valence-electron chi connectivity index (χ1n) is 19.0. The quantitative estimate of drug-likeness (QED) is 0.131. The summed E-state index contributed by atoms with van der Waals surface area (Å²) < 4.78 is 11.4. The minimum Gasteiger partial charge on any atom is -0.494 e. The number of morpholine rings is 1. The number of carbonyl (C=O) groups excluding carboxylic acids is 3. The van der Waals surface area contributed by atoms with Crippen LogP contribution in [0.25, 0.3) is 21.7 Å². The summed E-state index contributed by atoms with van der Waals surface area (Å²) in [7, 11) is 0. The lowest BCUT2D eigenvalue weighted by Gasteiger charge is -2.35. The summed E-state index contributed by atoms with van der Waals surface area (Å²) in [5, 5.41) is 19.7. The van der Waals surface area contributed by atoms with Crippen LogP contribution in [0.5, 0.6) is 5.75 Å². The van der Waals surface area contributed by atoms with E-state index in [9.17, 15) is 19.5 Å². The van der Waals surface area contributed by atoms with Crippen molar-refractivity contribution in [2.75, 3.05) is 44.4 Å². The Morgan fingerprint density at radius 1 is 1.00 bits per heavy atom. The molecule has 3 amide bonds. The molecule has 2 fully saturated rings. The number of aliphatic hydroxyl groups is 1. The van der Waals surface area contributed by atoms with Gasteiger partial charge >= 0.3 is 0 Å². The molecule has 2 saturated heterocycles. The lowest BCUT2D eigenvalue weighted by molar-refractivity contribution is -0.144. The van der Waals surface area contributed by atoms with Gasteiger partial charge in [-0.2, -0.15) is 0 Å². The molecule has 0 aliphatic carbocycles. The van der Waals surface area contributed by atoms with Crippen LogP contribution in [-0.2, 0) is 19.1 Å². The molecule has 2 aliphatic rings. The van der Waals surface area contributed by atoms with Gasteiger partial charge in [0.1, 0.15) is 17.8 Å². The van der Waals surface area contributed by atoms with Gasteiger partial charge in [-0.15, -0.1) is 22.7 Å². The summed E-state index contributed by atoms with van der Waals surface area (Å²) in [4.78, 5) is 54.7. The van der Waals surface area contributed by atoms with Gasteiger partial charge in [-0.3, -0.25) is 14.4 Å². The molecule has 6 rings (SSSR count). The number of nitrogens with one attached hydrogen (secondary N) is 2. The van der Waals surface area contributed by atoms with Crippen LogP contribution in [0.4, 0.5) is 5.13 Å². The molecular weight excluding hydrogens is 737 g/mol. The Labute approximate surface area is 331 Å². The first-order valence-corrected chi connectivity index (χ1v) is 20.7. The van der Waals surface area contributed by atoms with Gasteiger partial charge in [-0.05, 0) is 67.5 Å². The van der Waals surface area contributed by atoms with Crippen molar-refractivity contribution in [2.24, 2.45) is 5.41 Å². The van der Waals surface area contributed by atoms with E-state index in [4.69, 9.17) is 14.5 Å². The van der Waals surface area contributed by atoms with Gasteiger partial charge in [0.25, 0.3) is 0 Å². The van der Waals surface area contributed by atoms with E-state index in [2.05, 4.69) is 25.9 Å². The number of carbonyl (C=O) groups is 3. The van der Waals surface area contributed by atoms with Gasteiger partial charge in [0, 0.05) is 43.4 Å². The molecule has 3 N–H and O–H groups in total. The number of ether oxygens (including phenoxy) is 2. The second-order valence-electron chi connectivity index (χ2n) is 15.3. The van der Waals surface area contributed by atoms with E-state index in [1.807, 2.05) is 88.7 Å². The van der Waals surface area contributed by atoms with Crippen LogP contribution in [-0.4, -0.2) is 95.3 Å². The van der Waals surface area contributed by atoms with Crippen molar-refractivity contribution >= 4 is 45.5 Å². The van der Waals surface area contributed by atoms with Gasteiger partial charge in [0.05, 0.1) is 53.7 Å². The van der Waals surface area contributed by atoms with Crippen LogP contribution >= 0.6 is 22.7 Å². The number of benzene rings is 2. The molecule has 12 nitrogen and oxygen atoms in total. The molecule has 4 heterocycles. The lowest BCUT2D eigenvalue weighted by atomic mass is 9.85. The summed E-state index contributed by atoms with van der Waals surface area (Å²) >= 11 is 3.22.